The molecule has 1 radical (unpaired) electrons. The Hall–Kier alpha value is -1.59. The molecule has 0 aliphatic heterocycles. The van der Waals surface area contributed by atoms with Crippen molar-refractivity contribution in [1.29, 1.82) is 0 Å². The first-order valence-electron chi connectivity index (χ1n) is 3.91. The number of esters is 1. The van der Waals surface area contributed by atoms with Crippen LogP contribution in [-0.2, 0) is 23.8 Å². The van der Waals surface area contributed by atoms with E-state index >= 15 is 0 Å². The Bertz CT molecular complexity index is 200. The van der Waals surface area contributed by atoms with Crippen molar-refractivity contribution in [2.75, 3.05) is 13.2 Å². The molecule has 0 aromatic carbocycles. The van der Waals surface area contributed by atoms with E-state index in [9.17, 15) is 14.4 Å². The van der Waals surface area contributed by atoms with Gasteiger partial charge in [-0.3, -0.25) is 9.59 Å². The van der Waals surface area contributed by atoms with Crippen LogP contribution in [0.25, 0.3) is 0 Å². The molecule has 0 rings (SSSR count). The zero-order valence-electron chi connectivity index (χ0n) is 7.73. The maximum absolute atomic E-state index is 10.7. The summed E-state index contributed by atoms with van der Waals surface area (Å²) in [6.07, 6.45) is -0.526. The van der Waals surface area contributed by atoms with E-state index in [1.165, 1.54) is 6.92 Å². The molecule has 0 aromatic rings. The molecule has 6 heteroatoms. The van der Waals surface area contributed by atoms with E-state index in [4.69, 9.17) is 0 Å². The summed E-state index contributed by atoms with van der Waals surface area (Å²) in [6.45, 7) is 2.25. The first-order chi connectivity index (χ1) is 6.70. The van der Waals surface area contributed by atoms with Crippen LogP contribution >= 0.6 is 0 Å². The lowest BCUT2D eigenvalue weighted by atomic mass is 10.5. The summed E-state index contributed by atoms with van der Waals surface area (Å²) in [6, 6.07) is 0. The average molecular weight is 203 g/mol. The van der Waals surface area contributed by atoms with Crippen LogP contribution in [0.2, 0.25) is 0 Å². The standard InChI is InChI=1S/C8H11O6/c1-2-12-8(11)14-5-3-7(10)13-6-4-9/h2,4H,3,5-6H2,1H3. The summed E-state index contributed by atoms with van der Waals surface area (Å²) in [5.41, 5.74) is 0. The minimum atomic E-state index is -0.879. The fraction of sp³-hybridized carbons (Fsp3) is 0.500. The smallest absolute Gasteiger partial charge is 0.458 e. The van der Waals surface area contributed by atoms with Crippen molar-refractivity contribution in [1.82, 2.24) is 0 Å². The molecule has 0 aliphatic carbocycles. The van der Waals surface area contributed by atoms with Crippen LogP contribution in [0.5, 0.6) is 0 Å². The molecule has 79 valence electrons. The molecule has 0 aliphatic rings. The first-order valence-corrected chi connectivity index (χ1v) is 3.91. The number of hydrogen-bond donors (Lipinski definition) is 0. The average Bonchev–Trinajstić information content (AvgIpc) is 2.15. The number of hydrogen-bond acceptors (Lipinski definition) is 6. The van der Waals surface area contributed by atoms with Gasteiger partial charge in [-0.1, -0.05) is 0 Å². The molecular weight excluding hydrogens is 192 g/mol. The predicted molar refractivity (Wildman–Crippen MR) is 44.0 cm³/mol. The van der Waals surface area contributed by atoms with Gasteiger partial charge in [0.05, 0.1) is 6.42 Å². The molecule has 14 heavy (non-hydrogen) atoms. The Balaban J connectivity index is 3.39. The van der Waals surface area contributed by atoms with Gasteiger partial charge in [0, 0.05) is 0 Å². The van der Waals surface area contributed by atoms with Crippen LogP contribution in [0, 0.1) is 6.61 Å². The zero-order valence-corrected chi connectivity index (χ0v) is 7.73. The zero-order chi connectivity index (χ0) is 10.8. The van der Waals surface area contributed by atoms with Crippen molar-refractivity contribution in [3.63, 3.8) is 0 Å². The highest BCUT2D eigenvalue weighted by Crippen LogP contribution is 1.92. The molecule has 0 aromatic heterocycles. The predicted octanol–water partition coefficient (Wildman–Crippen LogP) is 0.453. The number of carbonyl (C=O) groups excluding carboxylic acids is 3. The molecule has 0 N–H and O–H groups in total. The molecule has 6 nitrogen and oxygen atoms in total. The van der Waals surface area contributed by atoms with Crippen LogP contribution in [0.3, 0.4) is 0 Å². The monoisotopic (exact) mass is 203 g/mol. The molecule has 0 saturated heterocycles. The number of carbonyl (C=O) groups is 3. The van der Waals surface area contributed by atoms with Gasteiger partial charge in [-0.2, -0.15) is 0 Å². The lowest BCUT2D eigenvalue weighted by molar-refractivity contribution is -0.146. The fourth-order valence-electron chi connectivity index (χ4n) is 0.547. The van der Waals surface area contributed by atoms with E-state index in [1.54, 1.807) is 0 Å². The topological polar surface area (TPSA) is 78.9 Å². The van der Waals surface area contributed by atoms with Crippen molar-refractivity contribution < 1.29 is 28.6 Å². The van der Waals surface area contributed by atoms with Crippen molar-refractivity contribution in [2.45, 2.75) is 13.3 Å². The second kappa shape index (κ2) is 8.03. The van der Waals surface area contributed by atoms with E-state index in [1.807, 2.05) is 0 Å². The van der Waals surface area contributed by atoms with E-state index < -0.39 is 12.1 Å². The van der Waals surface area contributed by atoms with E-state index in [2.05, 4.69) is 14.2 Å². The highest BCUT2D eigenvalue weighted by atomic mass is 16.7. The van der Waals surface area contributed by atoms with Crippen LogP contribution in [0.4, 0.5) is 4.79 Å². The van der Waals surface area contributed by atoms with Gasteiger partial charge in [0.2, 0.25) is 0 Å². The van der Waals surface area contributed by atoms with Crippen LogP contribution in [-0.4, -0.2) is 31.6 Å². The van der Waals surface area contributed by atoms with Gasteiger partial charge >= 0.3 is 12.1 Å². The van der Waals surface area contributed by atoms with Crippen molar-refractivity contribution >= 4 is 18.4 Å². The van der Waals surface area contributed by atoms with Gasteiger partial charge in [-0.15, -0.1) is 0 Å². The van der Waals surface area contributed by atoms with Gasteiger partial charge in [0.15, 0.2) is 6.29 Å². The quantitative estimate of drug-likeness (QED) is 0.460. The Morgan fingerprint density at radius 3 is 2.57 bits per heavy atom. The summed E-state index contributed by atoms with van der Waals surface area (Å²) in [4.78, 5) is 31.1. The van der Waals surface area contributed by atoms with E-state index in [0.29, 0.717) is 6.29 Å². The van der Waals surface area contributed by atoms with Crippen molar-refractivity contribution in [3.05, 3.63) is 6.61 Å². The molecule has 0 bridgehead atoms. The molecule has 0 fully saturated rings. The summed E-state index contributed by atoms with van der Waals surface area (Å²) in [7, 11) is 0. The number of aldehydes is 1. The Morgan fingerprint density at radius 1 is 1.29 bits per heavy atom. The van der Waals surface area contributed by atoms with Crippen LogP contribution in [0.15, 0.2) is 0 Å². The van der Waals surface area contributed by atoms with Gasteiger partial charge in [0.25, 0.3) is 0 Å². The molecular formula is C8H11O6. The normalized spacial score (nSPS) is 8.93. The maximum Gasteiger partial charge on any atom is 0.508 e. The van der Waals surface area contributed by atoms with Crippen molar-refractivity contribution in [3.8, 4) is 0 Å². The van der Waals surface area contributed by atoms with Crippen molar-refractivity contribution in [2.24, 2.45) is 0 Å². The highest BCUT2D eigenvalue weighted by molar-refractivity contribution is 5.71. The van der Waals surface area contributed by atoms with Gasteiger partial charge < -0.3 is 14.2 Å². The third-order valence-electron chi connectivity index (χ3n) is 1.05. The number of ether oxygens (including phenoxy) is 3. The lowest BCUT2D eigenvalue weighted by Crippen LogP contribution is -2.12. The van der Waals surface area contributed by atoms with E-state index in [0.717, 1.165) is 6.61 Å². The Labute approximate surface area is 81.1 Å². The van der Waals surface area contributed by atoms with Crippen LogP contribution in [0.1, 0.15) is 13.3 Å². The molecule has 0 heterocycles. The summed E-state index contributed by atoms with van der Waals surface area (Å²) in [5, 5.41) is 0. The third-order valence-corrected chi connectivity index (χ3v) is 1.05. The molecule has 0 spiro atoms. The summed E-state index contributed by atoms with van der Waals surface area (Å²) >= 11 is 0. The Kier molecular flexibility index (Phi) is 7.12. The van der Waals surface area contributed by atoms with Gasteiger partial charge in [0.1, 0.15) is 19.8 Å². The SMILES string of the molecule is C[CH]OC(=O)OCCC(=O)OCC=O. The minimum Gasteiger partial charge on any atom is -0.458 e. The molecule has 0 atom stereocenters. The summed E-state index contributed by atoms with van der Waals surface area (Å²) < 4.78 is 13.1. The second-order valence-corrected chi connectivity index (χ2v) is 2.05. The van der Waals surface area contributed by atoms with Gasteiger partial charge in [-0.05, 0) is 6.92 Å². The molecule has 0 saturated carbocycles. The second-order valence-electron chi connectivity index (χ2n) is 2.05. The fourth-order valence-corrected chi connectivity index (χ4v) is 0.547. The van der Waals surface area contributed by atoms with Crippen LogP contribution < -0.4 is 0 Å². The number of rotatable bonds is 6. The lowest BCUT2D eigenvalue weighted by Gasteiger charge is -2.03. The third kappa shape index (κ3) is 7.08. The largest absolute Gasteiger partial charge is 0.508 e. The van der Waals surface area contributed by atoms with E-state index in [-0.39, 0.29) is 19.6 Å². The molecule has 0 unspecified atom stereocenters. The Morgan fingerprint density at radius 2 is 2.00 bits per heavy atom. The minimum absolute atomic E-state index is 0.105. The molecule has 0 amide bonds. The maximum atomic E-state index is 10.7. The first kappa shape index (κ1) is 12.4. The highest BCUT2D eigenvalue weighted by Gasteiger charge is 2.06. The summed E-state index contributed by atoms with van der Waals surface area (Å²) in [5.74, 6) is -0.606. The van der Waals surface area contributed by atoms with Gasteiger partial charge in [-0.25, -0.2) is 4.79 Å².